The second kappa shape index (κ2) is 6.62. The average Bonchev–Trinajstić information content (AvgIpc) is 2.92. The van der Waals surface area contributed by atoms with Crippen molar-refractivity contribution in [3.8, 4) is 5.75 Å². The number of rotatable bonds is 6. The van der Waals surface area contributed by atoms with Gasteiger partial charge in [0.05, 0.1) is 23.4 Å². The molecule has 27 heavy (non-hydrogen) atoms. The van der Waals surface area contributed by atoms with Crippen LogP contribution in [0.25, 0.3) is 0 Å². The molecule has 2 unspecified atom stereocenters. The zero-order chi connectivity index (χ0) is 19.4. The standard InChI is InChI=1S/C19H23ClFNO4S/c1-27(24,25)22-18(23)14-7-15(20)17(8-16(14)21)26-3-2-19-9-11-4-12(10-19)6-13(19)5-11/h7-8,11-13H,2-6,9-10H2,1H3,(H,22,23). The van der Waals surface area contributed by atoms with E-state index in [0.717, 1.165) is 42.6 Å². The molecular weight excluding hydrogens is 393 g/mol. The third kappa shape index (κ3) is 3.68. The van der Waals surface area contributed by atoms with E-state index in [2.05, 4.69) is 0 Å². The molecule has 2 atom stereocenters. The number of carbonyl (C=O) groups excluding carboxylic acids is 1. The van der Waals surface area contributed by atoms with Gasteiger partial charge in [-0.05, 0) is 67.8 Å². The quantitative estimate of drug-likeness (QED) is 0.767. The predicted molar refractivity (Wildman–Crippen MR) is 99.8 cm³/mol. The van der Waals surface area contributed by atoms with Crippen molar-refractivity contribution < 1.29 is 22.3 Å². The molecule has 5 rings (SSSR count). The number of sulfonamides is 1. The highest BCUT2D eigenvalue weighted by Crippen LogP contribution is 2.66. The van der Waals surface area contributed by atoms with Gasteiger partial charge >= 0.3 is 0 Å². The van der Waals surface area contributed by atoms with E-state index in [-0.39, 0.29) is 10.8 Å². The number of nitrogens with one attached hydrogen (secondary N) is 1. The Balaban J connectivity index is 1.41. The number of halogens is 2. The Morgan fingerprint density at radius 1 is 1.30 bits per heavy atom. The molecule has 8 heteroatoms. The van der Waals surface area contributed by atoms with Gasteiger partial charge < -0.3 is 4.74 Å². The van der Waals surface area contributed by atoms with Crippen molar-refractivity contribution in [2.24, 2.45) is 23.2 Å². The minimum absolute atomic E-state index is 0.0878. The minimum atomic E-state index is -3.79. The number of ether oxygens (including phenoxy) is 1. The molecule has 1 N–H and O–H groups in total. The highest BCUT2D eigenvalue weighted by atomic mass is 35.5. The molecule has 1 aromatic carbocycles. The molecule has 0 radical (unpaired) electrons. The van der Waals surface area contributed by atoms with Crippen molar-refractivity contribution in [2.75, 3.05) is 12.9 Å². The molecule has 0 aromatic heterocycles. The Morgan fingerprint density at radius 3 is 2.59 bits per heavy atom. The Morgan fingerprint density at radius 2 is 1.96 bits per heavy atom. The number of hydrogen-bond acceptors (Lipinski definition) is 4. The van der Waals surface area contributed by atoms with Crippen LogP contribution in [0.15, 0.2) is 12.1 Å². The SMILES string of the molecule is CS(=O)(=O)NC(=O)c1cc(Cl)c(OCCC23CC4CC(CC2C4)C3)cc1F. The molecule has 0 saturated heterocycles. The fourth-order valence-corrected chi connectivity index (χ4v) is 6.44. The van der Waals surface area contributed by atoms with Gasteiger partial charge in [-0.3, -0.25) is 4.79 Å². The summed E-state index contributed by atoms with van der Waals surface area (Å²) in [5.74, 6) is 0.807. The van der Waals surface area contributed by atoms with Gasteiger partial charge in [-0.15, -0.1) is 0 Å². The van der Waals surface area contributed by atoms with E-state index in [1.807, 2.05) is 0 Å². The van der Waals surface area contributed by atoms with E-state index in [4.69, 9.17) is 16.3 Å². The third-order valence-electron chi connectivity index (χ3n) is 6.56. The maximum absolute atomic E-state index is 14.3. The molecule has 4 aliphatic carbocycles. The molecule has 1 amide bonds. The Hall–Kier alpha value is -1.34. The first-order valence-corrected chi connectivity index (χ1v) is 11.6. The smallest absolute Gasteiger partial charge is 0.267 e. The van der Waals surface area contributed by atoms with E-state index in [1.165, 1.54) is 32.1 Å². The monoisotopic (exact) mass is 415 g/mol. The summed E-state index contributed by atoms with van der Waals surface area (Å²) in [6, 6.07) is 2.16. The topological polar surface area (TPSA) is 72.5 Å². The van der Waals surface area contributed by atoms with E-state index in [1.54, 1.807) is 4.72 Å². The van der Waals surface area contributed by atoms with Gasteiger partial charge in [0.15, 0.2) is 0 Å². The number of amides is 1. The Kier molecular flexibility index (Phi) is 4.66. The van der Waals surface area contributed by atoms with Gasteiger partial charge in [-0.25, -0.2) is 17.5 Å². The molecule has 4 aliphatic rings. The molecule has 5 nitrogen and oxygen atoms in total. The fourth-order valence-electron chi connectivity index (χ4n) is 5.77. The highest BCUT2D eigenvalue weighted by Gasteiger charge is 2.57. The largest absolute Gasteiger partial charge is 0.492 e. The molecule has 0 aliphatic heterocycles. The maximum atomic E-state index is 14.3. The molecule has 4 fully saturated rings. The van der Waals surface area contributed by atoms with Crippen molar-refractivity contribution in [3.05, 3.63) is 28.5 Å². The third-order valence-corrected chi connectivity index (χ3v) is 7.41. The van der Waals surface area contributed by atoms with Crippen LogP contribution in [-0.4, -0.2) is 27.2 Å². The van der Waals surface area contributed by atoms with Crippen LogP contribution in [0.5, 0.6) is 5.75 Å². The van der Waals surface area contributed by atoms with Crippen LogP contribution in [0, 0.1) is 29.0 Å². The summed E-state index contributed by atoms with van der Waals surface area (Å²) in [6.07, 6.45) is 8.40. The fraction of sp³-hybridized carbons (Fsp3) is 0.632. The zero-order valence-corrected chi connectivity index (χ0v) is 16.7. The van der Waals surface area contributed by atoms with Crippen LogP contribution in [0.3, 0.4) is 0 Å². The van der Waals surface area contributed by atoms with Gasteiger partial charge in [0, 0.05) is 6.07 Å². The minimum Gasteiger partial charge on any atom is -0.492 e. The second-order valence-electron chi connectivity index (χ2n) is 8.47. The maximum Gasteiger partial charge on any atom is 0.267 e. The predicted octanol–water partition coefficient (Wildman–Crippen LogP) is 3.76. The van der Waals surface area contributed by atoms with Crippen LogP contribution in [0.1, 0.15) is 48.9 Å². The van der Waals surface area contributed by atoms with Crippen LogP contribution in [-0.2, 0) is 10.0 Å². The molecule has 4 saturated carbocycles. The normalized spacial score (nSPS) is 31.3. The number of benzene rings is 1. The van der Waals surface area contributed by atoms with Gasteiger partial charge in [0.1, 0.15) is 11.6 Å². The zero-order valence-electron chi connectivity index (χ0n) is 15.1. The summed E-state index contributed by atoms with van der Waals surface area (Å²) in [5, 5.41) is 0.0878. The lowest BCUT2D eigenvalue weighted by Gasteiger charge is -2.32. The first-order chi connectivity index (χ1) is 12.7. The van der Waals surface area contributed by atoms with Crippen molar-refractivity contribution in [1.29, 1.82) is 0 Å². The molecule has 0 spiro atoms. The summed E-state index contributed by atoms with van der Waals surface area (Å²) >= 11 is 6.13. The first-order valence-electron chi connectivity index (χ1n) is 9.29. The van der Waals surface area contributed by atoms with E-state index in [9.17, 15) is 17.6 Å². The van der Waals surface area contributed by atoms with Gasteiger partial charge in [-0.1, -0.05) is 11.6 Å². The van der Waals surface area contributed by atoms with Gasteiger partial charge in [0.25, 0.3) is 5.91 Å². The van der Waals surface area contributed by atoms with E-state index < -0.39 is 27.3 Å². The van der Waals surface area contributed by atoms with Gasteiger partial charge in [0.2, 0.25) is 10.0 Å². The van der Waals surface area contributed by atoms with Crippen LogP contribution < -0.4 is 9.46 Å². The molecule has 4 bridgehead atoms. The number of carbonyl (C=O) groups is 1. The molecule has 0 heterocycles. The lowest BCUT2D eigenvalue weighted by atomic mass is 9.74. The Bertz CT molecular complexity index is 874. The van der Waals surface area contributed by atoms with Crippen molar-refractivity contribution >= 4 is 27.5 Å². The molecule has 1 aromatic rings. The summed E-state index contributed by atoms with van der Waals surface area (Å²) in [5.41, 5.74) is -0.0448. The van der Waals surface area contributed by atoms with Crippen molar-refractivity contribution in [1.82, 2.24) is 4.72 Å². The van der Waals surface area contributed by atoms with E-state index >= 15 is 0 Å². The summed E-state index contributed by atoms with van der Waals surface area (Å²) in [7, 11) is -3.79. The number of hydrogen-bond donors (Lipinski definition) is 1. The summed E-state index contributed by atoms with van der Waals surface area (Å²) in [4.78, 5) is 11.9. The molecule has 148 valence electrons. The lowest BCUT2D eigenvalue weighted by molar-refractivity contribution is 0.0977. The highest BCUT2D eigenvalue weighted by molar-refractivity contribution is 7.89. The van der Waals surface area contributed by atoms with Gasteiger partial charge in [-0.2, -0.15) is 0 Å². The molecular formula is C19H23ClFNO4S. The summed E-state index contributed by atoms with van der Waals surface area (Å²) in [6.45, 7) is 0.462. The van der Waals surface area contributed by atoms with Crippen LogP contribution >= 0.6 is 11.6 Å². The lowest BCUT2D eigenvalue weighted by Crippen LogP contribution is -2.30. The van der Waals surface area contributed by atoms with Crippen LogP contribution in [0.4, 0.5) is 4.39 Å². The van der Waals surface area contributed by atoms with Crippen molar-refractivity contribution in [2.45, 2.75) is 38.5 Å². The van der Waals surface area contributed by atoms with Crippen molar-refractivity contribution in [3.63, 3.8) is 0 Å². The van der Waals surface area contributed by atoms with E-state index in [0.29, 0.717) is 12.0 Å². The van der Waals surface area contributed by atoms with Crippen LogP contribution in [0.2, 0.25) is 5.02 Å². The average molecular weight is 416 g/mol. The first kappa shape index (κ1) is 19.0. The second-order valence-corrected chi connectivity index (χ2v) is 10.6. The summed E-state index contributed by atoms with van der Waals surface area (Å²) < 4.78 is 44.0. The Labute approximate surface area is 163 Å².